The molecule has 0 aromatic rings. The number of nitrogens with zero attached hydrogens (tertiary/aromatic N) is 1. The number of hydrogen-bond donors (Lipinski definition) is 0. The van der Waals surface area contributed by atoms with Crippen molar-refractivity contribution in [1.29, 1.82) is 0 Å². The minimum absolute atomic E-state index is 0.0382. The van der Waals surface area contributed by atoms with Crippen LogP contribution in [-0.2, 0) is 15.3 Å². The molecule has 0 saturated carbocycles. The smallest absolute Gasteiger partial charge is 0.217 e. The van der Waals surface area contributed by atoms with Crippen molar-refractivity contribution in [3.05, 3.63) is 10.1 Å². The van der Waals surface area contributed by atoms with Gasteiger partial charge in [0, 0.05) is 4.92 Å². The van der Waals surface area contributed by atoms with Crippen molar-refractivity contribution in [1.82, 2.24) is 0 Å². The molecule has 0 aromatic carbocycles. The molecule has 0 heterocycles. The van der Waals surface area contributed by atoms with Crippen LogP contribution >= 0.6 is 0 Å². The molecule has 1 atom stereocenters. The summed E-state index contributed by atoms with van der Waals surface area (Å²) < 4.78 is 14.6. The van der Waals surface area contributed by atoms with Crippen LogP contribution in [0.5, 0.6) is 0 Å². The van der Waals surface area contributed by atoms with Gasteiger partial charge in [-0.25, -0.2) is 4.21 Å². The van der Waals surface area contributed by atoms with Crippen molar-refractivity contribution in [3.8, 4) is 0 Å². The van der Waals surface area contributed by atoms with Crippen LogP contribution in [0.2, 0.25) is 0 Å². The van der Waals surface area contributed by atoms with E-state index in [0.717, 1.165) is 0 Å². The highest BCUT2D eigenvalue weighted by Crippen LogP contribution is 1.81. The normalized spacial score (nSPS) is 13.0. The van der Waals surface area contributed by atoms with Gasteiger partial charge in [-0.15, -0.1) is 0 Å². The lowest BCUT2D eigenvalue weighted by Gasteiger charge is -1.91. The Kier molecular flexibility index (Phi) is 4.16. The fourth-order valence-corrected chi connectivity index (χ4v) is 0.697. The Labute approximate surface area is 54.8 Å². The Hall–Kier alpha value is -0.490. The molecule has 0 spiro atoms. The summed E-state index contributed by atoms with van der Waals surface area (Å²) in [5, 5.41) is 9.64. The molecule has 0 radical (unpaired) electrons. The number of rotatable bonds is 4. The van der Waals surface area contributed by atoms with Crippen LogP contribution in [0.1, 0.15) is 0 Å². The molecule has 6 heteroatoms. The largest absolute Gasteiger partial charge is 0.294 e. The predicted molar refractivity (Wildman–Crippen MR) is 31.9 cm³/mol. The second-order valence-corrected chi connectivity index (χ2v) is 2.58. The van der Waals surface area contributed by atoms with E-state index in [0.29, 0.717) is 0 Å². The first-order chi connectivity index (χ1) is 4.16. The number of nitro groups is 1. The topological polar surface area (TPSA) is 69.4 Å². The molecule has 0 rings (SSSR count). The van der Waals surface area contributed by atoms with E-state index < -0.39 is 16.0 Å². The van der Waals surface area contributed by atoms with Crippen LogP contribution in [0.25, 0.3) is 0 Å². The monoisotopic (exact) mass is 153 g/mol. The average molecular weight is 153 g/mol. The van der Waals surface area contributed by atoms with Gasteiger partial charge < -0.3 is 0 Å². The summed E-state index contributed by atoms with van der Waals surface area (Å²) in [7, 11) is 1.25. The quantitative estimate of drug-likeness (QED) is 0.406. The minimum Gasteiger partial charge on any atom is -0.294 e. The maximum Gasteiger partial charge on any atom is 0.217 e. The fraction of sp³-hybridized carbons (Fsp3) is 1.00. The molecule has 5 nitrogen and oxygen atoms in total. The Morgan fingerprint density at radius 2 is 2.33 bits per heavy atom. The van der Waals surface area contributed by atoms with Gasteiger partial charge in [0.05, 0.1) is 7.11 Å². The van der Waals surface area contributed by atoms with Gasteiger partial charge in [-0.1, -0.05) is 0 Å². The summed E-state index contributed by atoms with van der Waals surface area (Å²) in [6, 6.07) is 0. The molecule has 0 saturated heterocycles. The van der Waals surface area contributed by atoms with Crippen molar-refractivity contribution in [2.45, 2.75) is 0 Å². The summed E-state index contributed by atoms with van der Waals surface area (Å²) in [6.07, 6.45) is 0. The van der Waals surface area contributed by atoms with E-state index in [1.165, 1.54) is 7.11 Å². The van der Waals surface area contributed by atoms with Gasteiger partial charge in [-0.2, -0.15) is 0 Å². The first-order valence-corrected chi connectivity index (χ1v) is 3.46. The molecule has 0 aliphatic heterocycles. The van der Waals surface area contributed by atoms with Gasteiger partial charge in [0.2, 0.25) is 6.54 Å². The van der Waals surface area contributed by atoms with Crippen LogP contribution in [0.3, 0.4) is 0 Å². The zero-order valence-corrected chi connectivity index (χ0v) is 5.72. The first-order valence-electron chi connectivity index (χ1n) is 2.21. The lowest BCUT2D eigenvalue weighted by atomic mass is 10.8. The summed E-state index contributed by atoms with van der Waals surface area (Å²) in [4.78, 5) is 9.10. The van der Waals surface area contributed by atoms with E-state index in [1.807, 2.05) is 0 Å². The Morgan fingerprint density at radius 1 is 1.78 bits per heavy atom. The predicted octanol–water partition coefficient (Wildman–Crippen LogP) is -0.427. The Balaban J connectivity index is 3.28. The molecule has 54 valence electrons. The van der Waals surface area contributed by atoms with Gasteiger partial charge in [0.15, 0.2) is 11.1 Å². The zero-order chi connectivity index (χ0) is 7.28. The van der Waals surface area contributed by atoms with Gasteiger partial charge in [-0.3, -0.25) is 14.3 Å². The van der Waals surface area contributed by atoms with Gasteiger partial charge in [0.1, 0.15) is 5.75 Å². The maximum atomic E-state index is 10.3. The molecule has 0 aliphatic rings. The second-order valence-electron chi connectivity index (χ2n) is 1.23. The van der Waals surface area contributed by atoms with E-state index in [1.54, 1.807) is 0 Å². The molecule has 0 bridgehead atoms. The first kappa shape index (κ1) is 8.51. The molecule has 0 aliphatic carbocycles. The third kappa shape index (κ3) is 5.38. The van der Waals surface area contributed by atoms with Crippen molar-refractivity contribution in [2.75, 3.05) is 19.4 Å². The lowest BCUT2D eigenvalue weighted by molar-refractivity contribution is -0.474. The summed E-state index contributed by atoms with van der Waals surface area (Å²) >= 11 is -1.49. The molecule has 0 fully saturated rings. The van der Waals surface area contributed by atoms with Crippen LogP contribution in [0.4, 0.5) is 0 Å². The molecule has 1 unspecified atom stereocenters. The average Bonchev–Trinajstić information content (AvgIpc) is 1.83. The highest BCUT2D eigenvalue weighted by Gasteiger charge is 2.01. The van der Waals surface area contributed by atoms with E-state index in [4.69, 9.17) is 0 Å². The lowest BCUT2D eigenvalue weighted by Crippen LogP contribution is -2.10. The van der Waals surface area contributed by atoms with E-state index in [9.17, 15) is 14.3 Å². The van der Waals surface area contributed by atoms with Gasteiger partial charge in [0.25, 0.3) is 0 Å². The van der Waals surface area contributed by atoms with E-state index >= 15 is 0 Å². The van der Waals surface area contributed by atoms with Crippen LogP contribution in [0.15, 0.2) is 0 Å². The van der Waals surface area contributed by atoms with Gasteiger partial charge >= 0.3 is 0 Å². The minimum atomic E-state index is -1.49. The zero-order valence-electron chi connectivity index (χ0n) is 4.90. The van der Waals surface area contributed by atoms with Crippen molar-refractivity contribution in [3.63, 3.8) is 0 Å². The van der Waals surface area contributed by atoms with Gasteiger partial charge in [-0.05, 0) is 0 Å². The van der Waals surface area contributed by atoms with Crippen LogP contribution < -0.4 is 0 Å². The molecular formula is C3H7NO4S. The van der Waals surface area contributed by atoms with E-state index in [2.05, 4.69) is 4.18 Å². The van der Waals surface area contributed by atoms with Crippen molar-refractivity contribution >= 4 is 11.1 Å². The second kappa shape index (κ2) is 4.39. The molecule has 0 aromatic heterocycles. The summed E-state index contributed by atoms with van der Waals surface area (Å²) in [5.41, 5.74) is 0. The SMILES string of the molecule is COS(=O)CC[N+](=O)[O-]. The summed E-state index contributed by atoms with van der Waals surface area (Å²) in [5.74, 6) is -0.0382. The highest BCUT2D eigenvalue weighted by atomic mass is 32.2. The Bertz CT molecular complexity index is 125. The van der Waals surface area contributed by atoms with Crippen molar-refractivity contribution < 1.29 is 13.3 Å². The standard InChI is InChI=1S/C3H7NO4S/c1-8-9(7)3-2-4(5)6/h2-3H2,1H3. The molecule has 0 amide bonds. The van der Waals surface area contributed by atoms with Crippen LogP contribution in [-0.4, -0.2) is 28.5 Å². The third-order valence-corrected chi connectivity index (χ3v) is 1.51. The van der Waals surface area contributed by atoms with Crippen molar-refractivity contribution in [2.24, 2.45) is 0 Å². The van der Waals surface area contributed by atoms with E-state index in [-0.39, 0.29) is 12.3 Å². The molecule has 0 N–H and O–H groups in total. The Morgan fingerprint density at radius 3 is 2.67 bits per heavy atom. The third-order valence-electron chi connectivity index (χ3n) is 0.626. The highest BCUT2D eigenvalue weighted by molar-refractivity contribution is 7.80. The fourth-order valence-electron chi connectivity index (χ4n) is 0.232. The molecular weight excluding hydrogens is 146 g/mol. The van der Waals surface area contributed by atoms with Crippen LogP contribution in [0, 0.1) is 10.1 Å². The number of hydrogen-bond acceptors (Lipinski definition) is 4. The summed E-state index contributed by atoms with van der Waals surface area (Å²) in [6.45, 7) is -0.305. The molecule has 9 heavy (non-hydrogen) atoms. The maximum absolute atomic E-state index is 10.3.